The van der Waals surface area contributed by atoms with E-state index in [0.29, 0.717) is 18.1 Å². The lowest BCUT2D eigenvalue weighted by Crippen LogP contribution is -2.50. The first-order valence-corrected chi connectivity index (χ1v) is 11.2. The lowest BCUT2D eigenvalue weighted by atomic mass is 9.93. The Morgan fingerprint density at radius 3 is 2.59 bits per heavy atom. The molecule has 0 unspecified atom stereocenters. The number of aromatic nitrogens is 1. The molecule has 1 atom stereocenters. The molecule has 1 N–H and O–H groups in total. The van der Waals surface area contributed by atoms with E-state index in [2.05, 4.69) is 22.4 Å². The van der Waals surface area contributed by atoms with Gasteiger partial charge in [-0.3, -0.25) is 9.59 Å². The van der Waals surface area contributed by atoms with Crippen molar-refractivity contribution in [1.82, 2.24) is 9.88 Å². The number of anilines is 1. The van der Waals surface area contributed by atoms with Gasteiger partial charge in [-0.2, -0.15) is 0 Å². The molecule has 1 aliphatic rings. The van der Waals surface area contributed by atoms with Gasteiger partial charge in [-0.1, -0.05) is 54.6 Å². The van der Waals surface area contributed by atoms with Crippen LogP contribution >= 0.6 is 11.3 Å². The van der Waals surface area contributed by atoms with Gasteiger partial charge in [0, 0.05) is 30.5 Å². The van der Waals surface area contributed by atoms with Gasteiger partial charge in [-0.15, -0.1) is 11.3 Å². The highest BCUT2D eigenvalue weighted by Crippen LogP contribution is 2.27. The molecule has 32 heavy (non-hydrogen) atoms. The molecule has 160 valence electrons. The summed E-state index contributed by atoms with van der Waals surface area (Å²) in [5.41, 5.74) is 3.30. The molecular weight excluding hydrogens is 422 g/mol. The van der Waals surface area contributed by atoms with Crippen LogP contribution in [0.25, 0.3) is 0 Å². The minimum Gasteiger partial charge on any atom is -0.459 e. The van der Waals surface area contributed by atoms with Crippen molar-refractivity contribution >= 4 is 28.3 Å². The number of amides is 2. The number of nitrogens with zero attached hydrogens (tertiary/aromatic N) is 2. The summed E-state index contributed by atoms with van der Waals surface area (Å²) in [6.45, 7) is 0.352. The van der Waals surface area contributed by atoms with Gasteiger partial charge in [0.05, 0.1) is 6.26 Å². The van der Waals surface area contributed by atoms with Crippen molar-refractivity contribution in [2.45, 2.75) is 25.4 Å². The molecule has 0 spiro atoms. The maximum absolute atomic E-state index is 13.3. The first-order chi connectivity index (χ1) is 15.7. The number of hydrogen-bond donors (Lipinski definition) is 1. The highest BCUT2D eigenvalue weighted by molar-refractivity contribution is 7.15. The molecular formula is C25H21N3O3S. The van der Waals surface area contributed by atoms with Gasteiger partial charge in [0.25, 0.3) is 5.91 Å². The summed E-state index contributed by atoms with van der Waals surface area (Å²) in [5, 5.41) is 3.46. The number of nitrogens with one attached hydrogen (secondary N) is 1. The number of rotatable bonds is 5. The van der Waals surface area contributed by atoms with Crippen molar-refractivity contribution in [3.63, 3.8) is 0 Å². The molecule has 2 aromatic heterocycles. The number of thiazole rings is 1. The van der Waals surface area contributed by atoms with Crippen LogP contribution in [0.4, 0.5) is 5.13 Å². The lowest BCUT2D eigenvalue weighted by Gasteiger charge is -2.35. The standard InChI is InChI=1S/C25H21N3O3S/c29-23(27-25-26-15-20(32-25)13-17-7-2-1-3-8-17)21-14-18-9-4-5-10-19(18)16-28(21)24(30)22-11-6-12-31-22/h1-12,15,21H,13-14,16H2,(H,26,27,29)/t21-/m0/s1. The third-order valence-electron chi connectivity index (χ3n) is 5.55. The van der Waals surface area contributed by atoms with E-state index in [1.807, 2.05) is 42.5 Å². The maximum atomic E-state index is 13.3. The summed E-state index contributed by atoms with van der Waals surface area (Å²) >= 11 is 1.45. The minimum atomic E-state index is -0.649. The van der Waals surface area contributed by atoms with E-state index in [4.69, 9.17) is 4.42 Å². The van der Waals surface area contributed by atoms with Crippen LogP contribution in [0.3, 0.4) is 0 Å². The Bertz CT molecular complexity index is 1230. The summed E-state index contributed by atoms with van der Waals surface area (Å²) < 4.78 is 5.31. The fourth-order valence-electron chi connectivity index (χ4n) is 3.95. The molecule has 2 amide bonds. The van der Waals surface area contributed by atoms with Crippen molar-refractivity contribution in [1.29, 1.82) is 0 Å². The Morgan fingerprint density at radius 2 is 1.81 bits per heavy atom. The van der Waals surface area contributed by atoms with Crippen LogP contribution in [-0.2, 0) is 24.2 Å². The molecule has 0 radical (unpaired) electrons. The average molecular weight is 444 g/mol. The van der Waals surface area contributed by atoms with Gasteiger partial charge in [0.15, 0.2) is 10.9 Å². The van der Waals surface area contributed by atoms with Crippen LogP contribution in [0.15, 0.2) is 83.6 Å². The third kappa shape index (κ3) is 4.20. The fourth-order valence-corrected chi connectivity index (χ4v) is 4.79. The van der Waals surface area contributed by atoms with E-state index in [-0.39, 0.29) is 17.6 Å². The SMILES string of the molecule is O=C(Nc1ncc(Cc2ccccc2)s1)[C@@H]1Cc2ccccc2CN1C(=O)c1ccco1. The van der Waals surface area contributed by atoms with Gasteiger partial charge >= 0.3 is 0 Å². The van der Waals surface area contributed by atoms with Crippen LogP contribution in [0, 0.1) is 0 Å². The number of fused-ring (bicyclic) bond motifs is 1. The second-order valence-electron chi connectivity index (χ2n) is 7.68. The molecule has 1 aliphatic heterocycles. The number of benzene rings is 2. The van der Waals surface area contributed by atoms with Gasteiger partial charge in [-0.05, 0) is 28.8 Å². The summed E-state index contributed by atoms with van der Waals surface area (Å²) in [5.74, 6) is -0.324. The molecule has 6 nitrogen and oxygen atoms in total. The van der Waals surface area contributed by atoms with Crippen LogP contribution in [0.5, 0.6) is 0 Å². The molecule has 0 aliphatic carbocycles. The van der Waals surface area contributed by atoms with Crippen molar-refractivity contribution in [3.8, 4) is 0 Å². The van der Waals surface area contributed by atoms with Crippen LogP contribution in [0.2, 0.25) is 0 Å². The van der Waals surface area contributed by atoms with Crippen molar-refractivity contribution < 1.29 is 14.0 Å². The molecule has 0 saturated carbocycles. The molecule has 0 bridgehead atoms. The zero-order valence-electron chi connectivity index (χ0n) is 17.2. The monoisotopic (exact) mass is 443 g/mol. The second-order valence-corrected chi connectivity index (χ2v) is 8.80. The largest absolute Gasteiger partial charge is 0.459 e. The van der Waals surface area contributed by atoms with E-state index in [9.17, 15) is 9.59 Å². The molecule has 0 fully saturated rings. The van der Waals surface area contributed by atoms with E-state index >= 15 is 0 Å². The van der Waals surface area contributed by atoms with E-state index < -0.39 is 6.04 Å². The Labute approximate surface area is 189 Å². The summed E-state index contributed by atoms with van der Waals surface area (Å²) in [4.78, 5) is 33.4. The predicted octanol–water partition coefficient (Wildman–Crippen LogP) is 4.53. The summed E-state index contributed by atoms with van der Waals surface area (Å²) in [6.07, 6.45) is 4.45. The molecule has 7 heteroatoms. The smallest absolute Gasteiger partial charge is 0.290 e. The fraction of sp³-hybridized carbons (Fsp3) is 0.160. The Morgan fingerprint density at radius 1 is 1.03 bits per heavy atom. The van der Waals surface area contributed by atoms with Crippen LogP contribution in [0.1, 0.15) is 32.1 Å². The van der Waals surface area contributed by atoms with Gasteiger partial charge < -0.3 is 14.6 Å². The van der Waals surface area contributed by atoms with Crippen molar-refractivity contribution in [2.24, 2.45) is 0 Å². The van der Waals surface area contributed by atoms with Crippen molar-refractivity contribution in [2.75, 3.05) is 5.32 Å². The first-order valence-electron chi connectivity index (χ1n) is 10.4. The zero-order valence-corrected chi connectivity index (χ0v) is 18.0. The van der Waals surface area contributed by atoms with Gasteiger partial charge in [0.2, 0.25) is 5.91 Å². The van der Waals surface area contributed by atoms with E-state index in [1.54, 1.807) is 23.2 Å². The third-order valence-corrected chi connectivity index (χ3v) is 6.46. The Balaban J connectivity index is 1.35. The topological polar surface area (TPSA) is 75.4 Å². The van der Waals surface area contributed by atoms with E-state index in [0.717, 1.165) is 22.4 Å². The molecule has 3 heterocycles. The summed E-state index contributed by atoms with van der Waals surface area (Å²) in [7, 11) is 0. The number of hydrogen-bond acceptors (Lipinski definition) is 5. The molecule has 5 rings (SSSR count). The quantitative estimate of drug-likeness (QED) is 0.492. The molecule has 2 aromatic carbocycles. The van der Waals surface area contributed by atoms with Gasteiger partial charge in [0.1, 0.15) is 6.04 Å². The number of carbonyl (C=O) groups is 2. The predicted molar refractivity (Wildman–Crippen MR) is 123 cm³/mol. The molecule has 4 aromatic rings. The maximum Gasteiger partial charge on any atom is 0.290 e. The highest BCUT2D eigenvalue weighted by atomic mass is 32.1. The summed E-state index contributed by atoms with van der Waals surface area (Å²) in [6, 6.07) is 20.7. The number of furan rings is 1. The number of carbonyl (C=O) groups excluding carboxylic acids is 2. The minimum absolute atomic E-state index is 0.224. The van der Waals surface area contributed by atoms with Crippen LogP contribution < -0.4 is 5.32 Å². The zero-order chi connectivity index (χ0) is 21.9. The Hall–Kier alpha value is -3.71. The Kier molecular flexibility index (Phi) is 5.56. The normalized spacial score (nSPS) is 15.2. The van der Waals surface area contributed by atoms with Gasteiger partial charge in [-0.25, -0.2) is 4.98 Å². The van der Waals surface area contributed by atoms with E-state index in [1.165, 1.54) is 23.2 Å². The average Bonchev–Trinajstić information content (AvgIpc) is 3.51. The lowest BCUT2D eigenvalue weighted by molar-refractivity contribution is -0.121. The van der Waals surface area contributed by atoms with Crippen molar-refractivity contribution in [3.05, 3.63) is 107 Å². The molecule has 0 saturated heterocycles. The second kappa shape index (κ2) is 8.80. The highest BCUT2D eigenvalue weighted by Gasteiger charge is 2.36. The first kappa shape index (κ1) is 20.2. The van der Waals surface area contributed by atoms with Crippen LogP contribution in [-0.4, -0.2) is 27.7 Å².